The van der Waals surface area contributed by atoms with E-state index in [-0.39, 0.29) is 0 Å². The highest BCUT2D eigenvalue weighted by molar-refractivity contribution is 5.42. The average molecular weight is 383 g/mol. The van der Waals surface area contributed by atoms with E-state index in [1.165, 1.54) is 12.0 Å². The van der Waals surface area contributed by atoms with E-state index in [0.29, 0.717) is 6.04 Å². The van der Waals surface area contributed by atoms with Crippen LogP contribution in [0.3, 0.4) is 0 Å². The molecule has 4 rings (SSSR count). The Hall–Kier alpha value is -2.38. The molecule has 150 valence electrons. The Labute approximate surface area is 166 Å². The molecule has 0 aliphatic carbocycles. The van der Waals surface area contributed by atoms with Crippen LogP contribution in [-0.4, -0.2) is 67.4 Å². The number of likely N-dealkylation sites (tertiary alicyclic amines) is 1. The molecular formula is C21H29N5O2. The molecule has 1 aromatic carbocycles. The number of piperidine rings is 1. The number of para-hydroxylation sites is 1. The maximum atomic E-state index is 5.51. The molecule has 2 aliphatic heterocycles. The Morgan fingerprint density at radius 1 is 1.18 bits per heavy atom. The van der Waals surface area contributed by atoms with E-state index in [2.05, 4.69) is 32.2 Å². The highest BCUT2D eigenvalue weighted by Gasteiger charge is 2.22. The molecule has 28 heavy (non-hydrogen) atoms. The first-order chi connectivity index (χ1) is 13.8. The highest BCUT2D eigenvalue weighted by atomic mass is 16.5. The fourth-order valence-corrected chi connectivity index (χ4v) is 3.95. The number of benzene rings is 1. The second kappa shape index (κ2) is 9.21. The summed E-state index contributed by atoms with van der Waals surface area (Å²) in [6.45, 7) is 6.18. The Bertz CT molecular complexity index is 766. The predicted octanol–water partition coefficient (Wildman–Crippen LogP) is 2.40. The van der Waals surface area contributed by atoms with Gasteiger partial charge in [-0.25, -0.2) is 4.98 Å². The number of morpholine rings is 1. The SMILES string of the molecule is COc1ccccc1CN1CCCC(Nc2ccnc(N3CCOCC3)n2)C1. The van der Waals surface area contributed by atoms with Gasteiger partial charge >= 0.3 is 0 Å². The lowest BCUT2D eigenvalue weighted by molar-refractivity contribution is 0.122. The molecule has 2 aliphatic rings. The van der Waals surface area contributed by atoms with Gasteiger partial charge in [0, 0.05) is 44.0 Å². The smallest absolute Gasteiger partial charge is 0.227 e. The Morgan fingerprint density at radius 3 is 2.89 bits per heavy atom. The van der Waals surface area contributed by atoms with E-state index in [1.54, 1.807) is 7.11 Å². The molecule has 0 spiro atoms. The van der Waals surface area contributed by atoms with Gasteiger partial charge in [0.25, 0.3) is 0 Å². The lowest BCUT2D eigenvalue weighted by Gasteiger charge is -2.34. The lowest BCUT2D eigenvalue weighted by Crippen LogP contribution is -2.42. The van der Waals surface area contributed by atoms with Gasteiger partial charge in [-0.3, -0.25) is 4.90 Å². The van der Waals surface area contributed by atoms with Gasteiger partial charge in [-0.05, 0) is 31.5 Å². The van der Waals surface area contributed by atoms with Gasteiger partial charge < -0.3 is 19.7 Å². The summed E-state index contributed by atoms with van der Waals surface area (Å²) in [5.74, 6) is 2.65. The normalized spacial score (nSPS) is 20.8. The minimum Gasteiger partial charge on any atom is -0.496 e. The molecule has 7 heteroatoms. The molecule has 3 heterocycles. The summed E-state index contributed by atoms with van der Waals surface area (Å²) in [5, 5.41) is 3.62. The largest absolute Gasteiger partial charge is 0.496 e. The highest BCUT2D eigenvalue weighted by Crippen LogP contribution is 2.23. The van der Waals surface area contributed by atoms with Crippen LogP contribution < -0.4 is 15.0 Å². The number of hydrogen-bond acceptors (Lipinski definition) is 7. The van der Waals surface area contributed by atoms with Gasteiger partial charge in [-0.1, -0.05) is 18.2 Å². The quantitative estimate of drug-likeness (QED) is 0.822. The molecule has 2 aromatic rings. The van der Waals surface area contributed by atoms with Crippen molar-refractivity contribution in [2.75, 3.05) is 56.7 Å². The predicted molar refractivity (Wildman–Crippen MR) is 110 cm³/mol. The number of methoxy groups -OCH3 is 1. The number of aromatic nitrogens is 2. The van der Waals surface area contributed by atoms with Gasteiger partial charge in [0.1, 0.15) is 11.6 Å². The molecular weight excluding hydrogens is 354 g/mol. The maximum absolute atomic E-state index is 5.51. The van der Waals surface area contributed by atoms with Crippen molar-refractivity contribution < 1.29 is 9.47 Å². The van der Waals surface area contributed by atoms with E-state index in [9.17, 15) is 0 Å². The van der Waals surface area contributed by atoms with Crippen molar-refractivity contribution in [1.29, 1.82) is 0 Å². The second-order valence-electron chi connectivity index (χ2n) is 7.37. The molecule has 1 unspecified atom stereocenters. The van der Waals surface area contributed by atoms with Crippen molar-refractivity contribution in [1.82, 2.24) is 14.9 Å². The van der Waals surface area contributed by atoms with Crippen LogP contribution in [0, 0.1) is 0 Å². The maximum Gasteiger partial charge on any atom is 0.227 e. The topological polar surface area (TPSA) is 62.8 Å². The standard InChI is InChI=1S/C21H29N5O2/c1-27-19-7-3-2-5-17(19)15-25-10-4-6-18(16-25)23-20-8-9-22-21(24-20)26-11-13-28-14-12-26/h2-3,5,7-9,18H,4,6,10-16H2,1H3,(H,22,23,24). The zero-order valence-corrected chi connectivity index (χ0v) is 16.5. The number of ether oxygens (including phenoxy) is 2. The first-order valence-corrected chi connectivity index (χ1v) is 10.1. The van der Waals surface area contributed by atoms with E-state index in [4.69, 9.17) is 14.5 Å². The van der Waals surface area contributed by atoms with Crippen molar-refractivity contribution >= 4 is 11.8 Å². The molecule has 0 radical (unpaired) electrons. The number of nitrogens with one attached hydrogen (secondary N) is 1. The van der Waals surface area contributed by atoms with Crippen LogP contribution in [0.1, 0.15) is 18.4 Å². The van der Waals surface area contributed by atoms with E-state index >= 15 is 0 Å². The van der Waals surface area contributed by atoms with Crippen LogP contribution in [0.5, 0.6) is 5.75 Å². The second-order valence-corrected chi connectivity index (χ2v) is 7.37. The van der Waals surface area contributed by atoms with Crippen LogP contribution in [0.25, 0.3) is 0 Å². The summed E-state index contributed by atoms with van der Waals surface area (Å²) >= 11 is 0. The fraction of sp³-hybridized carbons (Fsp3) is 0.524. The van der Waals surface area contributed by atoms with E-state index in [0.717, 1.165) is 69.9 Å². The van der Waals surface area contributed by atoms with Gasteiger partial charge in [0.2, 0.25) is 5.95 Å². The first-order valence-electron chi connectivity index (χ1n) is 10.1. The Balaban J connectivity index is 1.37. The van der Waals surface area contributed by atoms with Crippen LogP contribution in [0.2, 0.25) is 0 Å². The Kier molecular flexibility index (Phi) is 6.24. The average Bonchev–Trinajstić information content (AvgIpc) is 2.75. The minimum absolute atomic E-state index is 0.385. The molecule has 0 saturated carbocycles. The van der Waals surface area contributed by atoms with Crippen LogP contribution in [0.4, 0.5) is 11.8 Å². The van der Waals surface area contributed by atoms with Crippen molar-refractivity contribution in [2.45, 2.75) is 25.4 Å². The Morgan fingerprint density at radius 2 is 2.04 bits per heavy atom. The van der Waals surface area contributed by atoms with Gasteiger partial charge in [0.15, 0.2) is 0 Å². The first kappa shape index (κ1) is 19.0. The summed E-state index contributed by atoms with van der Waals surface area (Å²) in [6.07, 6.45) is 4.17. The molecule has 1 N–H and O–H groups in total. The number of hydrogen-bond donors (Lipinski definition) is 1. The molecule has 2 fully saturated rings. The summed E-state index contributed by atoms with van der Waals surface area (Å²) in [7, 11) is 1.74. The third-order valence-electron chi connectivity index (χ3n) is 5.38. The van der Waals surface area contributed by atoms with Crippen molar-refractivity contribution in [3.63, 3.8) is 0 Å². The van der Waals surface area contributed by atoms with Gasteiger partial charge in [-0.15, -0.1) is 0 Å². The summed E-state index contributed by atoms with van der Waals surface area (Å²) in [6, 6.07) is 10.6. The minimum atomic E-state index is 0.385. The number of nitrogens with zero attached hydrogens (tertiary/aromatic N) is 4. The lowest BCUT2D eigenvalue weighted by atomic mass is 10.0. The van der Waals surface area contributed by atoms with E-state index < -0.39 is 0 Å². The summed E-state index contributed by atoms with van der Waals surface area (Å²) < 4.78 is 10.9. The third-order valence-corrected chi connectivity index (χ3v) is 5.38. The van der Waals surface area contributed by atoms with Gasteiger partial charge in [-0.2, -0.15) is 4.98 Å². The molecule has 1 atom stereocenters. The van der Waals surface area contributed by atoms with Gasteiger partial charge in [0.05, 0.1) is 20.3 Å². The van der Waals surface area contributed by atoms with Crippen molar-refractivity contribution in [3.8, 4) is 5.75 Å². The fourth-order valence-electron chi connectivity index (χ4n) is 3.95. The number of rotatable bonds is 6. The molecule has 0 amide bonds. The number of anilines is 2. The molecule has 7 nitrogen and oxygen atoms in total. The molecule has 0 bridgehead atoms. The monoisotopic (exact) mass is 383 g/mol. The van der Waals surface area contributed by atoms with Crippen LogP contribution in [0.15, 0.2) is 36.5 Å². The van der Waals surface area contributed by atoms with Crippen LogP contribution in [-0.2, 0) is 11.3 Å². The zero-order valence-electron chi connectivity index (χ0n) is 16.5. The van der Waals surface area contributed by atoms with Crippen LogP contribution >= 0.6 is 0 Å². The van der Waals surface area contributed by atoms with Crippen molar-refractivity contribution in [3.05, 3.63) is 42.1 Å². The van der Waals surface area contributed by atoms with E-state index in [1.807, 2.05) is 24.4 Å². The van der Waals surface area contributed by atoms with Crippen molar-refractivity contribution in [2.24, 2.45) is 0 Å². The molecule has 2 saturated heterocycles. The third kappa shape index (κ3) is 4.72. The summed E-state index contributed by atoms with van der Waals surface area (Å²) in [4.78, 5) is 13.9. The molecule has 1 aromatic heterocycles. The summed E-state index contributed by atoms with van der Waals surface area (Å²) in [5.41, 5.74) is 1.24. The zero-order chi connectivity index (χ0) is 19.2.